The van der Waals surface area contributed by atoms with Crippen LogP contribution in [0.15, 0.2) is 71.6 Å². The minimum Gasteiger partial charge on any atom is -0.497 e. The van der Waals surface area contributed by atoms with Crippen LogP contribution >= 0.6 is 0 Å². The van der Waals surface area contributed by atoms with Gasteiger partial charge in [-0.25, -0.2) is 16.8 Å². The summed E-state index contributed by atoms with van der Waals surface area (Å²) in [5.74, 6) is 0.369. The van der Waals surface area contributed by atoms with Gasteiger partial charge in [-0.1, -0.05) is 0 Å². The van der Waals surface area contributed by atoms with Crippen LogP contribution in [0.5, 0.6) is 11.5 Å². The third kappa shape index (κ3) is 6.39. The number of hydrogen-bond acceptors (Lipinski definition) is 7. The molecule has 0 aliphatic carbocycles. The van der Waals surface area contributed by atoms with Crippen molar-refractivity contribution in [3.8, 4) is 11.5 Å². The minimum atomic E-state index is -3.92. The minimum absolute atomic E-state index is 0.0143. The van der Waals surface area contributed by atoms with Crippen LogP contribution in [0, 0.1) is 0 Å². The number of hydrogen-bond donors (Lipinski definition) is 3. The van der Waals surface area contributed by atoms with Gasteiger partial charge in [0, 0.05) is 23.0 Å². The largest absolute Gasteiger partial charge is 0.497 e. The third-order valence-electron chi connectivity index (χ3n) is 4.53. The maximum Gasteiger partial charge on any atom is 0.262 e. The third-order valence-corrected chi connectivity index (χ3v) is 6.51. The molecule has 3 aromatic rings. The second-order valence-corrected chi connectivity index (χ2v) is 10.5. The lowest BCUT2D eigenvalue weighted by Gasteiger charge is -2.13. The van der Waals surface area contributed by atoms with Crippen LogP contribution in [0.2, 0.25) is 0 Å². The van der Waals surface area contributed by atoms with Gasteiger partial charge in [-0.05, 0) is 60.7 Å². The zero-order valence-electron chi connectivity index (χ0n) is 18.5. The average Bonchev–Trinajstić information content (AvgIpc) is 2.79. The number of methoxy groups -OCH3 is 2. The number of sulfonamides is 2. The molecule has 10 nitrogen and oxygen atoms in total. The molecule has 1 amide bonds. The first-order valence-electron chi connectivity index (χ1n) is 9.75. The van der Waals surface area contributed by atoms with E-state index in [9.17, 15) is 21.6 Å². The summed E-state index contributed by atoms with van der Waals surface area (Å²) >= 11 is 0. The van der Waals surface area contributed by atoms with Gasteiger partial charge >= 0.3 is 0 Å². The number of benzene rings is 3. The van der Waals surface area contributed by atoms with Gasteiger partial charge in [0.15, 0.2) is 0 Å². The van der Waals surface area contributed by atoms with Crippen molar-refractivity contribution in [2.24, 2.45) is 0 Å². The Bertz CT molecular complexity index is 1390. The quantitative estimate of drug-likeness (QED) is 0.406. The monoisotopic (exact) mass is 505 g/mol. The molecule has 0 saturated carbocycles. The lowest BCUT2D eigenvalue weighted by molar-refractivity contribution is 0.102. The fourth-order valence-electron chi connectivity index (χ4n) is 2.91. The highest BCUT2D eigenvalue weighted by molar-refractivity contribution is 7.92. The fraction of sp³-hybridized carbons (Fsp3) is 0.136. The van der Waals surface area contributed by atoms with Crippen LogP contribution in [0.25, 0.3) is 0 Å². The summed E-state index contributed by atoms with van der Waals surface area (Å²) < 4.78 is 63.2. The van der Waals surface area contributed by atoms with Crippen molar-refractivity contribution in [1.82, 2.24) is 0 Å². The lowest BCUT2D eigenvalue weighted by atomic mass is 10.2. The van der Waals surface area contributed by atoms with Gasteiger partial charge in [-0.15, -0.1) is 0 Å². The molecular weight excluding hydrogens is 482 g/mol. The molecule has 180 valence electrons. The molecule has 0 atom stereocenters. The number of ether oxygens (including phenoxy) is 2. The van der Waals surface area contributed by atoms with Gasteiger partial charge in [-0.3, -0.25) is 14.2 Å². The predicted molar refractivity (Wildman–Crippen MR) is 130 cm³/mol. The zero-order chi connectivity index (χ0) is 24.9. The molecule has 0 saturated heterocycles. The SMILES string of the molecule is COc1ccc(NS(=O)(=O)c2ccc(NC(=O)c3ccc(NS(C)(=O)=O)cc3)cc2)c(OC)c1. The second kappa shape index (κ2) is 10.0. The Hall–Kier alpha value is -3.77. The average molecular weight is 506 g/mol. The van der Waals surface area contributed by atoms with Crippen LogP contribution in [0.4, 0.5) is 17.1 Å². The Labute approximate surface area is 198 Å². The Balaban J connectivity index is 1.70. The fourth-order valence-corrected chi connectivity index (χ4v) is 4.55. The van der Waals surface area contributed by atoms with E-state index in [0.717, 1.165) is 6.26 Å². The molecule has 0 unspecified atom stereocenters. The van der Waals surface area contributed by atoms with Crippen LogP contribution in [0.3, 0.4) is 0 Å². The van der Waals surface area contributed by atoms with Crippen molar-refractivity contribution >= 4 is 43.0 Å². The molecule has 34 heavy (non-hydrogen) atoms. The molecule has 0 radical (unpaired) electrons. The Kier molecular flexibility index (Phi) is 7.32. The van der Waals surface area contributed by atoms with E-state index in [4.69, 9.17) is 9.47 Å². The first kappa shape index (κ1) is 24.9. The summed E-state index contributed by atoms with van der Waals surface area (Å²) in [5.41, 5.74) is 1.25. The summed E-state index contributed by atoms with van der Waals surface area (Å²) in [6, 6.07) is 16.2. The van der Waals surface area contributed by atoms with Gasteiger partial charge in [0.2, 0.25) is 10.0 Å². The normalized spacial score (nSPS) is 11.4. The standard InChI is InChI=1S/C22H23N3O7S2/c1-31-18-10-13-20(21(14-18)32-2)25-34(29,30)19-11-8-16(9-12-19)23-22(26)15-4-6-17(7-5-15)24-33(3,27)28/h4-14,24-25H,1-3H3,(H,23,26). The molecule has 3 rings (SSSR count). The Morgan fingerprint density at radius 1 is 0.765 bits per heavy atom. The Morgan fingerprint density at radius 2 is 1.38 bits per heavy atom. The number of anilines is 3. The maximum absolute atomic E-state index is 12.8. The Morgan fingerprint density at radius 3 is 1.94 bits per heavy atom. The van der Waals surface area contributed by atoms with Gasteiger partial charge < -0.3 is 14.8 Å². The van der Waals surface area contributed by atoms with E-state index in [-0.39, 0.29) is 10.6 Å². The van der Waals surface area contributed by atoms with Gasteiger partial charge in [0.1, 0.15) is 11.5 Å². The van der Waals surface area contributed by atoms with Crippen molar-refractivity contribution in [3.63, 3.8) is 0 Å². The lowest BCUT2D eigenvalue weighted by Crippen LogP contribution is -2.15. The van der Waals surface area contributed by atoms with Crippen molar-refractivity contribution in [2.75, 3.05) is 35.2 Å². The van der Waals surface area contributed by atoms with E-state index < -0.39 is 26.0 Å². The number of rotatable bonds is 9. The molecule has 0 spiro atoms. The zero-order valence-corrected chi connectivity index (χ0v) is 20.2. The van der Waals surface area contributed by atoms with E-state index in [1.807, 2.05) is 0 Å². The van der Waals surface area contributed by atoms with Gasteiger partial charge in [-0.2, -0.15) is 0 Å². The van der Waals surface area contributed by atoms with Gasteiger partial charge in [0.25, 0.3) is 15.9 Å². The number of carbonyl (C=O) groups is 1. The molecule has 3 aromatic carbocycles. The summed E-state index contributed by atoms with van der Waals surface area (Å²) in [5, 5.41) is 2.66. The molecule has 12 heteroatoms. The predicted octanol–water partition coefficient (Wildman–Crippen LogP) is 3.13. The van der Waals surface area contributed by atoms with Crippen LogP contribution in [-0.4, -0.2) is 43.2 Å². The van der Waals surface area contributed by atoms with E-state index >= 15 is 0 Å². The number of amides is 1. The first-order chi connectivity index (χ1) is 16.0. The van der Waals surface area contributed by atoms with Crippen molar-refractivity contribution in [3.05, 3.63) is 72.3 Å². The van der Waals surface area contributed by atoms with E-state index in [1.54, 1.807) is 12.1 Å². The smallest absolute Gasteiger partial charge is 0.262 e. The summed E-state index contributed by atoms with van der Waals surface area (Å²) in [6.07, 6.45) is 1.03. The summed E-state index contributed by atoms with van der Waals surface area (Å²) in [6.45, 7) is 0. The van der Waals surface area contributed by atoms with E-state index in [1.165, 1.54) is 68.8 Å². The highest BCUT2D eigenvalue weighted by atomic mass is 32.2. The summed E-state index contributed by atoms with van der Waals surface area (Å²) in [7, 11) is -4.44. The number of nitrogens with one attached hydrogen (secondary N) is 3. The van der Waals surface area contributed by atoms with Crippen LogP contribution in [-0.2, 0) is 20.0 Å². The van der Waals surface area contributed by atoms with Crippen molar-refractivity contribution < 1.29 is 31.1 Å². The van der Waals surface area contributed by atoms with Crippen LogP contribution in [0.1, 0.15) is 10.4 Å². The molecule has 0 fully saturated rings. The molecule has 0 bridgehead atoms. The van der Waals surface area contributed by atoms with Gasteiger partial charge in [0.05, 0.1) is 31.1 Å². The topological polar surface area (TPSA) is 140 Å². The van der Waals surface area contributed by atoms with E-state index in [0.29, 0.717) is 28.4 Å². The maximum atomic E-state index is 12.8. The van der Waals surface area contributed by atoms with Crippen LogP contribution < -0.4 is 24.2 Å². The second-order valence-electron chi connectivity index (χ2n) is 7.10. The number of carbonyl (C=O) groups excluding carboxylic acids is 1. The first-order valence-corrected chi connectivity index (χ1v) is 13.1. The highest BCUT2D eigenvalue weighted by Crippen LogP contribution is 2.31. The molecule has 0 aromatic heterocycles. The molecule has 3 N–H and O–H groups in total. The van der Waals surface area contributed by atoms with Crippen molar-refractivity contribution in [2.45, 2.75) is 4.90 Å². The highest BCUT2D eigenvalue weighted by Gasteiger charge is 2.17. The van der Waals surface area contributed by atoms with Crippen molar-refractivity contribution in [1.29, 1.82) is 0 Å². The molecule has 0 aliphatic rings. The molecule has 0 heterocycles. The summed E-state index contributed by atoms with van der Waals surface area (Å²) in [4.78, 5) is 12.4. The van der Waals surface area contributed by atoms with E-state index in [2.05, 4.69) is 14.8 Å². The molecule has 0 aliphatic heterocycles. The molecular formula is C22H23N3O7S2.